The number of hydrogen-bond donors (Lipinski definition) is 1. The molecular formula is C28H26FN5O4. The van der Waals surface area contributed by atoms with Crippen LogP contribution in [-0.4, -0.2) is 49.7 Å². The third-order valence-electron chi connectivity index (χ3n) is 6.63. The normalized spacial score (nSPS) is 14.3. The highest BCUT2D eigenvalue weighted by molar-refractivity contribution is 5.92. The molecule has 194 valence electrons. The van der Waals surface area contributed by atoms with E-state index >= 15 is 0 Å². The lowest BCUT2D eigenvalue weighted by Gasteiger charge is -2.31. The van der Waals surface area contributed by atoms with Gasteiger partial charge in [-0.25, -0.2) is 19.2 Å². The van der Waals surface area contributed by atoms with Crippen molar-refractivity contribution in [3.8, 4) is 17.7 Å². The summed E-state index contributed by atoms with van der Waals surface area (Å²) >= 11 is 0. The summed E-state index contributed by atoms with van der Waals surface area (Å²) in [7, 11) is 1.91. The van der Waals surface area contributed by atoms with Gasteiger partial charge in [-0.05, 0) is 55.3 Å². The summed E-state index contributed by atoms with van der Waals surface area (Å²) in [6.07, 6.45) is 1.67. The quantitative estimate of drug-likeness (QED) is 0.370. The fourth-order valence-corrected chi connectivity index (χ4v) is 4.51. The number of halogens is 1. The van der Waals surface area contributed by atoms with Gasteiger partial charge in [0.2, 0.25) is 5.88 Å². The summed E-state index contributed by atoms with van der Waals surface area (Å²) in [6.45, 7) is 2.39. The van der Waals surface area contributed by atoms with Crippen molar-refractivity contribution in [2.24, 2.45) is 7.05 Å². The van der Waals surface area contributed by atoms with E-state index in [0.29, 0.717) is 18.1 Å². The average Bonchev–Trinajstić information content (AvgIpc) is 3.23. The number of carboxylic acid groups (broad SMARTS) is 1. The van der Waals surface area contributed by atoms with Crippen LogP contribution in [0.25, 0.3) is 11.0 Å². The summed E-state index contributed by atoms with van der Waals surface area (Å²) < 4.78 is 27.7. The molecule has 1 fully saturated rings. The number of ether oxygens (including phenoxy) is 2. The Morgan fingerprint density at radius 3 is 2.71 bits per heavy atom. The molecule has 1 aliphatic rings. The molecule has 10 heteroatoms. The number of piperidine rings is 1. The number of aromatic nitrogens is 3. The number of benzene rings is 2. The van der Waals surface area contributed by atoms with Gasteiger partial charge in [-0.2, -0.15) is 5.26 Å². The Labute approximate surface area is 218 Å². The minimum Gasteiger partial charge on any atom is -0.484 e. The average molecular weight is 516 g/mol. The highest BCUT2D eigenvalue weighted by atomic mass is 19.1. The Morgan fingerprint density at radius 2 is 1.97 bits per heavy atom. The largest absolute Gasteiger partial charge is 0.484 e. The Morgan fingerprint density at radius 1 is 1.16 bits per heavy atom. The monoisotopic (exact) mass is 515 g/mol. The lowest BCUT2D eigenvalue weighted by Crippen LogP contribution is -2.38. The molecule has 0 spiro atoms. The molecule has 1 N–H and O–H groups in total. The first kappa shape index (κ1) is 25.2. The molecule has 0 bridgehead atoms. The van der Waals surface area contributed by atoms with Crippen molar-refractivity contribution >= 4 is 17.0 Å². The van der Waals surface area contributed by atoms with Gasteiger partial charge in [0.25, 0.3) is 0 Å². The van der Waals surface area contributed by atoms with Crippen LogP contribution in [0.5, 0.6) is 11.6 Å². The minimum absolute atomic E-state index is 0.0180. The second-order valence-electron chi connectivity index (χ2n) is 9.20. The summed E-state index contributed by atoms with van der Waals surface area (Å²) in [6, 6.07) is 16.3. The van der Waals surface area contributed by atoms with Crippen LogP contribution in [0.3, 0.4) is 0 Å². The first-order chi connectivity index (χ1) is 18.4. The number of aryl methyl sites for hydroxylation is 1. The van der Waals surface area contributed by atoms with Crippen molar-refractivity contribution in [3.05, 3.63) is 83.1 Å². The Bertz CT molecular complexity index is 1520. The summed E-state index contributed by atoms with van der Waals surface area (Å²) in [5.74, 6) is -0.104. The van der Waals surface area contributed by atoms with Gasteiger partial charge in [-0.3, -0.25) is 4.90 Å². The highest BCUT2D eigenvalue weighted by Crippen LogP contribution is 2.23. The number of carbonyl (C=O) groups is 1. The Kier molecular flexibility index (Phi) is 7.20. The van der Waals surface area contributed by atoms with E-state index in [1.54, 1.807) is 30.3 Å². The van der Waals surface area contributed by atoms with Gasteiger partial charge < -0.3 is 19.1 Å². The highest BCUT2D eigenvalue weighted by Gasteiger charge is 2.23. The fraction of sp³-hybridized carbons (Fsp3) is 0.286. The van der Waals surface area contributed by atoms with E-state index in [1.807, 2.05) is 23.8 Å². The Balaban J connectivity index is 1.14. The van der Waals surface area contributed by atoms with Gasteiger partial charge in [-0.15, -0.1) is 0 Å². The van der Waals surface area contributed by atoms with Crippen LogP contribution in [-0.2, 0) is 20.2 Å². The third-order valence-corrected chi connectivity index (χ3v) is 6.63. The summed E-state index contributed by atoms with van der Waals surface area (Å²) in [5.41, 5.74) is 2.67. The predicted molar refractivity (Wildman–Crippen MR) is 136 cm³/mol. The number of hydrogen-bond acceptors (Lipinski definition) is 7. The van der Waals surface area contributed by atoms with Crippen LogP contribution in [0.15, 0.2) is 54.6 Å². The van der Waals surface area contributed by atoms with Crippen LogP contribution in [0.2, 0.25) is 0 Å². The van der Waals surface area contributed by atoms with Crippen molar-refractivity contribution in [1.82, 2.24) is 19.4 Å². The molecule has 0 aliphatic carbocycles. The van der Waals surface area contributed by atoms with Crippen molar-refractivity contribution in [2.75, 3.05) is 13.1 Å². The third kappa shape index (κ3) is 5.58. The number of rotatable bonds is 8. The lowest BCUT2D eigenvalue weighted by atomic mass is 10.1. The zero-order valence-corrected chi connectivity index (χ0v) is 20.8. The number of nitrogens with zero attached hydrogens (tertiary/aromatic N) is 5. The van der Waals surface area contributed by atoms with E-state index in [2.05, 4.69) is 9.88 Å². The molecule has 3 heterocycles. The van der Waals surface area contributed by atoms with Crippen molar-refractivity contribution in [1.29, 1.82) is 5.26 Å². The van der Waals surface area contributed by atoms with Gasteiger partial charge in [-0.1, -0.05) is 6.07 Å². The first-order valence-electron chi connectivity index (χ1n) is 12.3. The maximum atomic E-state index is 14.1. The van der Waals surface area contributed by atoms with Gasteiger partial charge in [0.1, 0.15) is 18.5 Å². The molecule has 0 radical (unpaired) electrons. The van der Waals surface area contributed by atoms with E-state index in [-0.39, 0.29) is 29.6 Å². The molecule has 0 saturated carbocycles. The second-order valence-corrected chi connectivity index (χ2v) is 9.20. The van der Waals surface area contributed by atoms with Crippen molar-refractivity contribution in [3.63, 3.8) is 0 Å². The molecule has 0 amide bonds. The van der Waals surface area contributed by atoms with E-state index in [0.717, 1.165) is 48.9 Å². The molecule has 0 atom stereocenters. The molecule has 2 aromatic carbocycles. The van der Waals surface area contributed by atoms with Gasteiger partial charge >= 0.3 is 5.97 Å². The smallest absolute Gasteiger partial charge is 0.335 e. The number of imidazole rings is 1. The molecule has 9 nitrogen and oxygen atoms in total. The second kappa shape index (κ2) is 10.9. The van der Waals surface area contributed by atoms with Gasteiger partial charge in [0.05, 0.1) is 40.5 Å². The maximum absolute atomic E-state index is 14.1. The van der Waals surface area contributed by atoms with Crippen molar-refractivity contribution < 1.29 is 23.8 Å². The van der Waals surface area contributed by atoms with E-state index in [4.69, 9.17) is 19.7 Å². The number of pyridine rings is 1. The molecular weight excluding hydrogens is 489 g/mol. The van der Waals surface area contributed by atoms with Crippen LogP contribution < -0.4 is 9.47 Å². The number of carboxylic acids is 1. The van der Waals surface area contributed by atoms with Crippen LogP contribution in [0.1, 0.15) is 40.3 Å². The van der Waals surface area contributed by atoms with Crippen LogP contribution in [0, 0.1) is 17.1 Å². The maximum Gasteiger partial charge on any atom is 0.335 e. The van der Waals surface area contributed by atoms with Crippen LogP contribution >= 0.6 is 0 Å². The zero-order chi connectivity index (χ0) is 26.6. The van der Waals surface area contributed by atoms with Gasteiger partial charge in [0, 0.05) is 26.2 Å². The predicted octanol–water partition coefficient (Wildman–Crippen LogP) is 4.30. The molecule has 1 aliphatic heterocycles. The van der Waals surface area contributed by atoms with Gasteiger partial charge in [0.15, 0.2) is 11.6 Å². The summed E-state index contributed by atoms with van der Waals surface area (Å²) in [4.78, 5) is 22.8. The SMILES string of the molecule is Cn1c(CN2CCC(Oc3cccc(COc4ccc(C#N)cc4F)n3)CC2)nc2ccc(C(=O)O)cc21. The minimum atomic E-state index is -0.954. The molecule has 38 heavy (non-hydrogen) atoms. The topological polar surface area (TPSA) is 114 Å². The number of nitriles is 1. The molecule has 2 aromatic heterocycles. The zero-order valence-electron chi connectivity index (χ0n) is 20.8. The molecule has 1 saturated heterocycles. The molecule has 5 rings (SSSR count). The first-order valence-corrected chi connectivity index (χ1v) is 12.3. The van der Waals surface area contributed by atoms with Crippen molar-refractivity contribution in [2.45, 2.75) is 32.1 Å². The lowest BCUT2D eigenvalue weighted by molar-refractivity contribution is 0.0697. The fourth-order valence-electron chi connectivity index (χ4n) is 4.51. The van der Waals surface area contributed by atoms with E-state index in [1.165, 1.54) is 12.1 Å². The Hall–Kier alpha value is -4.49. The summed E-state index contributed by atoms with van der Waals surface area (Å²) in [5, 5.41) is 18.1. The van der Waals surface area contributed by atoms with E-state index < -0.39 is 11.8 Å². The van der Waals surface area contributed by atoms with Crippen LogP contribution in [0.4, 0.5) is 4.39 Å². The molecule has 0 unspecified atom stereocenters. The number of fused-ring (bicyclic) bond motifs is 1. The number of aromatic carboxylic acids is 1. The molecule has 4 aromatic rings. The standard InChI is InChI=1S/C28H26FN5O4/c1-33-24-14-19(28(35)36)6-7-23(24)32-26(33)16-34-11-9-21(10-12-34)38-27-4-2-3-20(31-27)17-37-25-8-5-18(15-30)13-22(25)29/h2-8,13-14,21H,9-12,16-17H2,1H3,(H,35,36). The van der Waals surface area contributed by atoms with E-state index in [9.17, 15) is 14.3 Å². The number of likely N-dealkylation sites (tertiary alicyclic amines) is 1.